The molecule has 0 aliphatic carbocycles. The fraction of sp³-hybridized carbons (Fsp3) is 0.350. The number of rotatable bonds is 3. The van der Waals surface area contributed by atoms with E-state index in [0.29, 0.717) is 0 Å². The molecule has 0 radical (unpaired) electrons. The van der Waals surface area contributed by atoms with E-state index in [0.717, 1.165) is 52.6 Å². The first-order valence-corrected chi connectivity index (χ1v) is 9.51. The average Bonchev–Trinajstić information content (AvgIpc) is 2.95. The molecule has 0 saturated carbocycles. The average molecular weight is 374 g/mol. The van der Waals surface area contributed by atoms with Gasteiger partial charge in [0.25, 0.3) is 0 Å². The van der Waals surface area contributed by atoms with Crippen LogP contribution in [0.3, 0.4) is 0 Å². The van der Waals surface area contributed by atoms with Crippen molar-refractivity contribution in [2.75, 3.05) is 18.0 Å². The first-order chi connectivity index (χ1) is 12.1. The van der Waals surface area contributed by atoms with E-state index in [1.54, 1.807) is 0 Å². The molecule has 4 rings (SSSR count). The van der Waals surface area contributed by atoms with Gasteiger partial charge in [-0.05, 0) is 54.7 Å². The number of imidazole rings is 1. The molecule has 3 aromatic rings. The molecule has 5 heteroatoms. The zero-order valence-corrected chi connectivity index (χ0v) is 15.8. The molecule has 1 saturated heterocycles. The van der Waals surface area contributed by atoms with Crippen LogP contribution in [0.2, 0.25) is 10.0 Å². The van der Waals surface area contributed by atoms with E-state index < -0.39 is 0 Å². The van der Waals surface area contributed by atoms with Crippen molar-refractivity contribution in [1.82, 2.24) is 9.55 Å². The second kappa shape index (κ2) is 6.89. The Bertz CT molecular complexity index is 878. The maximum Gasteiger partial charge on any atom is 0.206 e. The first-order valence-electron chi connectivity index (χ1n) is 8.75. The molecule has 0 atom stereocenters. The first kappa shape index (κ1) is 16.7. The van der Waals surface area contributed by atoms with Crippen LogP contribution in [0.25, 0.3) is 11.0 Å². The summed E-state index contributed by atoms with van der Waals surface area (Å²) in [6.45, 7) is 5.21. The fourth-order valence-corrected chi connectivity index (χ4v) is 3.76. The molecule has 0 N–H and O–H groups in total. The lowest BCUT2D eigenvalue weighted by Gasteiger charge is -2.31. The summed E-state index contributed by atoms with van der Waals surface area (Å²) in [6, 6.07) is 14.0. The van der Waals surface area contributed by atoms with Gasteiger partial charge in [0.15, 0.2) is 0 Å². The number of halogens is 2. The second-order valence-corrected chi connectivity index (χ2v) is 7.80. The van der Waals surface area contributed by atoms with Crippen LogP contribution in [0, 0.1) is 5.92 Å². The number of fused-ring (bicyclic) bond motifs is 1. The van der Waals surface area contributed by atoms with Gasteiger partial charge >= 0.3 is 0 Å². The van der Waals surface area contributed by atoms with Crippen LogP contribution in [-0.2, 0) is 6.54 Å². The highest BCUT2D eigenvalue weighted by molar-refractivity contribution is 6.31. The molecule has 2 aromatic carbocycles. The van der Waals surface area contributed by atoms with Gasteiger partial charge in [0.1, 0.15) is 0 Å². The van der Waals surface area contributed by atoms with Crippen molar-refractivity contribution in [1.29, 1.82) is 0 Å². The molecule has 2 heterocycles. The second-order valence-electron chi connectivity index (χ2n) is 6.93. The van der Waals surface area contributed by atoms with Crippen LogP contribution in [0.15, 0.2) is 42.5 Å². The molecule has 0 unspecified atom stereocenters. The number of anilines is 1. The third-order valence-corrected chi connectivity index (χ3v) is 5.50. The van der Waals surface area contributed by atoms with E-state index in [1.165, 1.54) is 18.4 Å². The number of hydrogen-bond donors (Lipinski definition) is 0. The summed E-state index contributed by atoms with van der Waals surface area (Å²) in [5, 5.41) is 1.48. The number of benzene rings is 2. The minimum atomic E-state index is 0.724. The Morgan fingerprint density at radius 3 is 2.40 bits per heavy atom. The van der Waals surface area contributed by atoms with E-state index in [4.69, 9.17) is 28.2 Å². The highest BCUT2D eigenvalue weighted by atomic mass is 35.5. The Morgan fingerprint density at radius 1 is 1.00 bits per heavy atom. The maximum atomic E-state index is 6.19. The minimum Gasteiger partial charge on any atom is -0.342 e. The monoisotopic (exact) mass is 373 g/mol. The van der Waals surface area contributed by atoms with Crippen LogP contribution in [0.5, 0.6) is 0 Å². The SMILES string of the molecule is CC1CCN(c2nc3cc(Cl)ccc3n2Cc2ccc(Cl)cc2)CC1. The zero-order chi connectivity index (χ0) is 17.4. The summed E-state index contributed by atoms with van der Waals surface area (Å²) in [7, 11) is 0. The maximum absolute atomic E-state index is 6.19. The summed E-state index contributed by atoms with van der Waals surface area (Å²) >= 11 is 12.2. The third kappa shape index (κ3) is 3.49. The predicted molar refractivity (Wildman–Crippen MR) is 106 cm³/mol. The largest absolute Gasteiger partial charge is 0.342 e. The van der Waals surface area contributed by atoms with Gasteiger partial charge in [-0.2, -0.15) is 0 Å². The molecule has 0 bridgehead atoms. The van der Waals surface area contributed by atoms with Crippen molar-refractivity contribution in [3.05, 3.63) is 58.1 Å². The highest BCUT2D eigenvalue weighted by Crippen LogP contribution is 2.29. The van der Waals surface area contributed by atoms with Crippen LogP contribution in [0.4, 0.5) is 5.95 Å². The molecule has 3 nitrogen and oxygen atoms in total. The predicted octanol–water partition coefficient (Wildman–Crippen LogP) is 5.63. The van der Waals surface area contributed by atoms with Crippen LogP contribution in [0.1, 0.15) is 25.3 Å². The van der Waals surface area contributed by atoms with Gasteiger partial charge in [0, 0.05) is 23.1 Å². The summed E-state index contributed by atoms with van der Waals surface area (Å²) in [5.41, 5.74) is 3.29. The number of hydrogen-bond acceptors (Lipinski definition) is 2. The number of piperidine rings is 1. The summed E-state index contributed by atoms with van der Waals surface area (Å²) < 4.78 is 2.30. The molecule has 0 spiro atoms. The van der Waals surface area contributed by atoms with Gasteiger partial charge in [-0.15, -0.1) is 0 Å². The minimum absolute atomic E-state index is 0.724. The standard InChI is InChI=1S/C20H21Cl2N3/c1-14-8-10-24(11-9-14)20-23-18-12-17(22)6-7-19(18)25(20)13-15-2-4-16(21)5-3-15/h2-7,12,14H,8-11,13H2,1H3. The van der Waals surface area contributed by atoms with E-state index >= 15 is 0 Å². The Labute approximate surface area is 158 Å². The Balaban J connectivity index is 1.76. The van der Waals surface area contributed by atoms with Crippen molar-refractivity contribution in [2.24, 2.45) is 5.92 Å². The van der Waals surface area contributed by atoms with Crippen LogP contribution >= 0.6 is 23.2 Å². The van der Waals surface area contributed by atoms with E-state index in [-0.39, 0.29) is 0 Å². The summed E-state index contributed by atoms with van der Waals surface area (Å²) in [5.74, 6) is 1.83. The van der Waals surface area contributed by atoms with Crippen molar-refractivity contribution in [2.45, 2.75) is 26.3 Å². The van der Waals surface area contributed by atoms with Crippen molar-refractivity contribution >= 4 is 40.2 Å². The molecule has 1 aliphatic rings. The fourth-order valence-electron chi connectivity index (χ4n) is 3.47. The molecular formula is C20H21Cl2N3. The lowest BCUT2D eigenvalue weighted by atomic mass is 10.00. The molecule has 1 fully saturated rings. The smallest absolute Gasteiger partial charge is 0.206 e. The van der Waals surface area contributed by atoms with E-state index in [9.17, 15) is 0 Å². The quantitative estimate of drug-likeness (QED) is 0.593. The Kier molecular flexibility index (Phi) is 4.61. The molecule has 130 valence electrons. The van der Waals surface area contributed by atoms with Gasteiger partial charge in [0.2, 0.25) is 5.95 Å². The van der Waals surface area contributed by atoms with E-state index in [1.807, 2.05) is 24.3 Å². The van der Waals surface area contributed by atoms with Crippen LogP contribution in [-0.4, -0.2) is 22.6 Å². The Hall–Kier alpha value is -1.71. The molecule has 1 aromatic heterocycles. The third-order valence-electron chi connectivity index (χ3n) is 5.01. The van der Waals surface area contributed by atoms with Crippen molar-refractivity contribution in [3.8, 4) is 0 Å². The Morgan fingerprint density at radius 2 is 1.68 bits per heavy atom. The molecule has 1 aliphatic heterocycles. The van der Waals surface area contributed by atoms with Gasteiger partial charge < -0.3 is 9.47 Å². The van der Waals surface area contributed by atoms with E-state index in [2.05, 4.69) is 34.6 Å². The van der Waals surface area contributed by atoms with Crippen molar-refractivity contribution < 1.29 is 0 Å². The van der Waals surface area contributed by atoms with Crippen molar-refractivity contribution in [3.63, 3.8) is 0 Å². The van der Waals surface area contributed by atoms with Gasteiger partial charge in [-0.25, -0.2) is 4.98 Å². The molecule has 25 heavy (non-hydrogen) atoms. The topological polar surface area (TPSA) is 21.1 Å². The summed E-state index contributed by atoms with van der Waals surface area (Å²) in [6.07, 6.45) is 2.43. The lowest BCUT2D eigenvalue weighted by molar-refractivity contribution is 0.432. The van der Waals surface area contributed by atoms with Gasteiger partial charge in [-0.1, -0.05) is 42.3 Å². The number of aromatic nitrogens is 2. The van der Waals surface area contributed by atoms with Crippen LogP contribution < -0.4 is 4.90 Å². The van der Waals surface area contributed by atoms with Gasteiger partial charge in [0.05, 0.1) is 17.6 Å². The normalized spacial score (nSPS) is 15.9. The summed E-state index contributed by atoms with van der Waals surface area (Å²) in [4.78, 5) is 7.32. The molecular weight excluding hydrogens is 353 g/mol. The highest BCUT2D eigenvalue weighted by Gasteiger charge is 2.22. The zero-order valence-electron chi connectivity index (χ0n) is 14.3. The number of nitrogens with zero attached hydrogens (tertiary/aromatic N) is 3. The lowest BCUT2D eigenvalue weighted by Crippen LogP contribution is -2.34. The van der Waals surface area contributed by atoms with Gasteiger partial charge in [-0.3, -0.25) is 0 Å². The molecule has 0 amide bonds.